The number of amides is 1. The van der Waals surface area contributed by atoms with Crippen molar-refractivity contribution in [2.24, 2.45) is 0 Å². The highest BCUT2D eigenvalue weighted by Gasteiger charge is 2.26. The summed E-state index contributed by atoms with van der Waals surface area (Å²) in [5, 5.41) is 11.9. The molecule has 0 radical (unpaired) electrons. The number of hydrogen-bond donors (Lipinski definition) is 2. The van der Waals surface area contributed by atoms with Crippen LogP contribution in [-0.2, 0) is 4.79 Å². The van der Waals surface area contributed by atoms with Crippen molar-refractivity contribution in [2.45, 2.75) is 13.0 Å². The highest BCUT2D eigenvalue weighted by atomic mass is 19.1. The van der Waals surface area contributed by atoms with Gasteiger partial charge in [-0.05, 0) is 43.3 Å². The Morgan fingerprint density at radius 1 is 1.08 bits per heavy atom. The number of carbonyl (C=O) groups is 1. The third kappa shape index (κ3) is 4.11. The second kappa shape index (κ2) is 7.70. The third-order valence-electron chi connectivity index (χ3n) is 4.65. The average molecular weight is 361 g/mol. The molecule has 0 unspecified atom stereocenters. The SMILES string of the molecule is C[C@@H](C(=O)Nc1ccc(F)cc1F)N1CCN(c2ccc(O)cc2)CC1. The number of phenols is 1. The van der Waals surface area contributed by atoms with Crippen LogP contribution in [0.15, 0.2) is 42.5 Å². The van der Waals surface area contributed by atoms with E-state index in [9.17, 15) is 18.7 Å². The molecule has 0 aliphatic carbocycles. The number of rotatable bonds is 4. The number of nitrogens with one attached hydrogen (secondary N) is 1. The summed E-state index contributed by atoms with van der Waals surface area (Å²) in [4.78, 5) is 16.6. The fraction of sp³-hybridized carbons (Fsp3) is 0.316. The molecule has 1 amide bonds. The molecule has 0 saturated carbocycles. The number of carbonyl (C=O) groups excluding carboxylic acids is 1. The van der Waals surface area contributed by atoms with Gasteiger partial charge in [-0.2, -0.15) is 0 Å². The predicted octanol–water partition coefficient (Wildman–Crippen LogP) is 2.82. The maximum atomic E-state index is 13.7. The molecule has 0 aromatic heterocycles. The van der Waals surface area contributed by atoms with Gasteiger partial charge in [0.2, 0.25) is 5.91 Å². The Labute approximate surface area is 150 Å². The van der Waals surface area contributed by atoms with Gasteiger partial charge in [0.25, 0.3) is 0 Å². The highest BCUT2D eigenvalue weighted by Crippen LogP contribution is 2.21. The van der Waals surface area contributed by atoms with Gasteiger partial charge in [0.05, 0.1) is 11.7 Å². The largest absolute Gasteiger partial charge is 0.508 e. The van der Waals surface area contributed by atoms with Crippen LogP contribution in [0.2, 0.25) is 0 Å². The van der Waals surface area contributed by atoms with Gasteiger partial charge in [-0.1, -0.05) is 0 Å². The van der Waals surface area contributed by atoms with E-state index >= 15 is 0 Å². The first kappa shape index (κ1) is 18.1. The fourth-order valence-electron chi connectivity index (χ4n) is 3.02. The van der Waals surface area contributed by atoms with Crippen molar-refractivity contribution < 1.29 is 18.7 Å². The first-order chi connectivity index (χ1) is 12.4. The Bertz CT molecular complexity index is 775. The van der Waals surface area contributed by atoms with Crippen LogP contribution >= 0.6 is 0 Å². The van der Waals surface area contributed by atoms with Crippen LogP contribution in [0.1, 0.15) is 6.92 Å². The molecule has 1 heterocycles. The van der Waals surface area contributed by atoms with E-state index in [0.29, 0.717) is 13.1 Å². The summed E-state index contributed by atoms with van der Waals surface area (Å²) in [6.45, 7) is 4.62. The Balaban J connectivity index is 1.56. The van der Waals surface area contributed by atoms with E-state index in [1.807, 2.05) is 17.0 Å². The average Bonchev–Trinajstić information content (AvgIpc) is 2.64. The lowest BCUT2D eigenvalue weighted by molar-refractivity contribution is -0.120. The molecule has 1 aliphatic rings. The van der Waals surface area contributed by atoms with E-state index in [0.717, 1.165) is 30.9 Å². The lowest BCUT2D eigenvalue weighted by Crippen LogP contribution is -2.52. The van der Waals surface area contributed by atoms with Gasteiger partial charge in [-0.25, -0.2) is 8.78 Å². The van der Waals surface area contributed by atoms with E-state index in [4.69, 9.17) is 0 Å². The summed E-state index contributed by atoms with van der Waals surface area (Å²) in [5.74, 6) is -1.57. The maximum Gasteiger partial charge on any atom is 0.241 e. The molecule has 7 heteroatoms. The molecule has 26 heavy (non-hydrogen) atoms. The molecule has 5 nitrogen and oxygen atoms in total. The van der Waals surface area contributed by atoms with Crippen molar-refractivity contribution in [3.05, 3.63) is 54.1 Å². The van der Waals surface area contributed by atoms with Crippen molar-refractivity contribution >= 4 is 17.3 Å². The van der Waals surface area contributed by atoms with Crippen molar-refractivity contribution in [1.82, 2.24) is 4.90 Å². The Hall–Kier alpha value is -2.67. The van der Waals surface area contributed by atoms with Crippen LogP contribution in [0.3, 0.4) is 0 Å². The van der Waals surface area contributed by atoms with Crippen LogP contribution in [0.25, 0.3) is 0 Å². The lowest BCUT2D eigenvalue weighted by atomic mass is 10.2. The van der Waals surface area contributed by atoms with Crippen LogP contribution in [-0.4, -0.2) is 48.1 Å². The predicted molar refractivity (Wildman–Crippen MR) is 96.3 cm³/mol. The summed E-state index contributed by atoms with van der Waals surface area (Å²) in [7, 11) is 0. The number of anilines is 2. The number of halogens is 2. The van der Waals surface area contributed by atoms with Gasteiger partial charge in [0.15, 0.2) is 0 Å². The zero-order valence-electron chi connectivity index (χ0n) is 14.5. The molecule has 2 aromatic carbocycles. The van der Waals surface area contributed by atoms with E-state index in [-0.39, 0.29) is 17.3 Å². The molecule has 1 aliphatic heterocycles. The number of benzene rings is 2. The normalized spacial score (nSPS) is 16.3. The Kier molecular flexibility index (Phi) is 5.37. The number of piperazine rings is 1. The quantitative estimate of drug-likeness (QED) is 0.879. The molecule has 1 saturated heterocycles. The smallest absolute Gasteiger partial charge is 0.241 e. The van der Waals surface area contributed by atoms with Crippen molar-refractivity contribution in [3.63, 3.8) is 0 Å². The number of nitrogens with zero attached hydrogens (tertiary/aromatic N) is 2. The minimum absolute atomic E-state index is 0.0222. The van der Waals surface area contributed by atoms with Gasteiger partial charge >= 0.3 is 0 Å². The molecule has 1 atom stereocenters. The molecule has 0 spiro atoms. The first-order valence-corrected chi connectivity index (χ1v) is 8.48. The zero-order valence-corrected chi connectivity index (χ0v) is 14.5. The van der Waals surface area contributed by atoms with Crippen molar-refractivity contribution in [1.29, 1.82) is 0 Å². The summed E-state index contributed by atoms with van der Waals surface area (Å²) >= 11 is 0. The molecule has 2 aromatic rings. The number of aromatic hydroxyl groups is 1. The minimum Gasteiger partial charge on any atom is -0.508 e. The summed E-state index contributed by atoms with van der Waals surface area (Å²) in [6.07, 6.45) is 0. The maximum absolute atomic E-state index is 13.7. The molecule has 3 rings (SSSR count). The van der Waals surface area contributed by atoms with Crippen molar-refractivity contribution in [3.8, 4) is 5.75 Å². The standard InChI is InChI=1S/C19H21F2N3O2/c1-13(19(26)22-18-7-2-14(20)12-17(18)21)23-8-10-24(11-9-23)15-3-5-16(25)6-4-15/h2-7,12-13,25H,8-11H2,1H3,(H,22,26)/t13-/m0/s1. The van der Waals surface area contributed by atoms with Gasteiger partial charge < -0.3 is 15.3 Å². The summed E-state index contributed by atoms with van der Waals surface area (Å²) in [5.41, 5.74) is 0.999. The second-order valence-electron chi connectivity index (χ2n) is 6.33. The molecule has 2 N–H and O–H groups in total. The topological polar surface area (TPSA) is 55.8 Å². The van der Waals surface area contributed by atoms with Crippen LogP contribution in [0.4, 0.5) is 20.2 Å². The van der Waals surface area contributed by atoms with E-state index in [1.54, 1.807) is 19.1 Å². The third-order valence-corrected chi connectivity index (χ3v) is 4.65. The van der Waals surface area contributed by atoms with Crippen LogP contribution in [0.5, 0.6) is 5.75 Å². The Morgan fingerprint density at radius 3 is 2.35 bits per heavy atom. The minimum atomic E-state index is -0.789. The van der Waals surface area contributed by atoms with Gasteiger partial charge in [-0.15, -0.1) is 0 Å². The van der Waals surface area contributed by atoms with Gasteiger partial charge in [0, 0.05) is 37.9 Å². The molecule has 138 valence electrons. The van der Waals surface area contributed by atoms with Gasteiger partial charge in [0.1, 0.15) is 17.4 Å². The van der Waals surface area contributed by atoms with Crippen molar-refractivity contribution in [2.75, 3.05) is 36.4 Å². The fourth-order valence-corrected chi connectivity index (χ4v) is 3.02. The zero-order chi connectivity index (χ0) is 18.7. The molecule has 1 fully saturated rings. The highest BCUT2D eigenvalue weighted by molar-refractivity contribution is 5.94. The molecular weight excluding hydrogens is 340 g/mol. The van der Waals surface area contributed by atoms with E-state index in [1.165, 1.54) is 6.07 Å². The lowest BCUT2D eigenvalue weighted by Gasteiger charge is -2.38. The Morgan fingerprint density at radius 2 is 1.73 bits per heavy atom. The van der Waals surface area contributed by atoms with Gasteiger partial charge in [-0.3, -0.25) is 9.69 Å². The van der Waals surface area contributed by atoms with Crippen LogP contribution in [0, 0.1) is 11.6 Å². The monoisotopic (exact) mass is 361 g/mol. The van der Waals surface area contributed by atoms with E-state index in [2.05, 4.69) is 10.2 Å². The molecule has 0 bridgehead atoms. The molecular formula is C19H21F2N3O2. The first-order valence-electron chi connectivity index (χ1n) is 8.48. The number of hydrogen-bond acceptors (Lipinski definition) is 4. The second-order valence-corrected chi connectivity index (χ2v) is 6.33. The van der Waals surface area contributed by atoms with Crippen LogP contribution < -0.4 is 10.2 Å². The summed E-state index contributed by atoms with van der Waals surface area (Å²) < 4.78 is 26.6. The number of phenolic OH excluding ortho intramolecular Hbond substituents is 1. The summed E-state index contributed by atoms with van der Waals surface area (Å²) in [6, 6.07) is 9.66. The van der Waals surface area contributed by atoms with E-state index < -0.39 is 17.7 Å².